The molecule has 0 bridgehead atoms. The van der Waals surface area contributed by atoms with Crippen LogP contribution in [0.4, 0.5) is 5.69 Å². The molecule has 2 saturated carbocycles. The average molecular weight is 349 g/mol. The molecule has 2 N–H and O–H groups in total. The standard InChI is InChI=1S/C26H23N/c27-24-17-15-23(16-18-24)26(22-12-2-1-3-13-22)25(21-10-6-7-11-21)19-14-20-8-4-5-9-20/h1-13,15-18H,14,19,27H2/b26-25-. The fourth-order valence-corrected chi connectivity index (χ4v) is 3.61. The van der Waals surface area contributed by atoms with E-state index in [2.05, 4.69) is 93.8 Å². The van der Waals surface area contributed by atoms with Crippen LogP contribution in [0.25, 0.3) is 5.57 Å². The summed E-state index contributed by atoms with van der Waals surface area (Å²) in [7, 11) is 0. The Kier molecular flexibility index (Phi) is 5.97. The third kappa shape index (κ3) is 4.46. The molecule has 2 aromatic carbocycles. The monoisotopic (exact) mass is 349 g/mol. The number of hydrogen-bond donors (Lipinski definition) is 1. The van der Waals surface area contributed by atoms with E-state index >= 15 is 0 Å². The number of hydrogen-bond acceptors (Lipinski definition) is 1. The van der Waals surface area contributed by atoms with Crippen molar-refractivity contribution in [2.45, 2.75) is 12.8 Å². The number of anilines is 1. The van der Waals surface area contributed by atoms with Gasteiger partial charge in [0.05, 0.1) is 0 Å². The smallest absolute Gasteiger partial charge is 0.0314 e. The highest BCUT2D eigenvalue weighted by Gasteiger charge is 2.26. The first-order valence-corrected chi connectivity index (χ1v) is 9.38. The van der Waals surface area contributed by atoms with Gasteiger partial charge in [-0.1, -0.05) is 48.0 Å². The van der Waals surface area contributed by atoms with Gasteiger partial charge >= 0.3 is 0 Å². The molecule has 4 rings (SSSR count). The molecule has 2 aliphatic rings. The largest absolute Gasteiger partial charge is 0.399 e. The zero-order chi connectivity index (χ0) is 18.5. The Bertz CT molecular complexity index is 745. The molecule has 10 radical (unpaired) electrons. The topological polar surface area (TPSA) is 26.0 Å². The van der Waals surface area contributed by atoms with Crippen LogP contribution in [0.2, 0.25) is 0 Å². The lowest BCUT2D eigenvalue weighted by Gasteiger charge is -2.22. The van der Waals surface area contributed by atoms with Gasteiger partial charge < -0.3 is 5.73 Å². The zero-order valence-electron chi connectivity index (χ0n) is 15.3. The number of allylic oxidation sites excluding steroid dienone is 1. The quantitative estimate of drug-likeness (QED) is 0.669. The molecule has 0 heterocycles. The van der Waals surface area contributed by atoms with Crippen LogP contribution in [0.1, 0.15) is 24.0 Å². The van der Waals surface area contributed by atoms with Crippen LogP contribution in [0.3, 0.4) is 0 Å². The predicted octanol–water partition coefficient (Wildman–Crippen LogP) is 5.66. The van der Waals surface area contributed by atoms with Gasteiger partial charge in [-0.25, -0.2) is 0 Å². The minimum Gasteiger partial charge on any atom is -0.399 e. The fourth-order valence-electron chi connectivity index (χ4n) is 3.61. The molecule has 0 aromatic heterocycles. The Morgan fingerprint density at radius 1 is 0.667 bits per heavy atom. The van der Waals surface area contributed by atoms with E-state index in [9.17, 15) is 0 Å². The molecular weight excluding hydrogens is 326 g/mol. The summed E-state index contributed by atoms with van der Waals surface area (Å²) in [5, 5.41) is 0. The first-order chi connectivity index (χ1) is 13.3. The second-order valence-corrected chi connectivity index (χ2v) is 6.81. The second-order valence-electron chi connectivity index (χ2n) is 6.81. The number of benzene rings is 2. The molecule has 0 saturated heterocycles. The summed E-state index contributed by atoms with van der Waals surface area (Å²) in [6.07, 6.45) is 19.3. The second kappa shape index (κ2) is 8.78. The highest BCUT2D eigenvalue weighted by molar-refractivity contribution is 5.85. The zero-order valence-corrected chi connectivity index (χ0v) is 15.3. The van der Waals surface area contributed by atoms with Gasteiger partial charge in [0.1, 0.15) is 0 Å². The summed E-state index contributed by atoms with van der Waals surface area (Å²) >= 11 is 0. The number of nitrogen functional groups attached to an aromatic ring is 1. The van der Waals surface area contributed by atoms with Gasteiger partial charge in [-0.15, -0.1) is 0 Å². The van der Waals surface area contributed by atoms with Crippen LogP contribution in [0.15, 0.2) is 60.2 Å². The predicted molar refractivity (Wildman–Crippen MR) is 113 cm³/mol. The van der Waals surface area contributed by atoms with Crippen LogP contribution in [0.5, 0.6) is 0 Å². The normalized spacial score (nSPS) is 19.4. The van der Waals surface area contributed by atoms with E-state index in [-0.39, 0.29) is 0 Å². The summed E-state index contributed by atoms with van der Waals surface area (Å²) in [4.78, 5) is 0. The van der Waals surface area contributed by atoms with Crippen molar-refractivity contribution >= 4 is 11.3 Å². The van der Waals surface area contributed by atoms with Crippen molar-refractivity contribution in [1.29, 1.82) is 0 Å². The average Bonchev–Trinajstić information content (AvgIpc) is 3.41. The van der Waals surface area contributed by atoms with Crippen LogP contribution in [0, 0.1) is 63.2 Å². The SMILES string of the molecule is Nc1ccc(/C(=C(/CC[C]2[CH][CH][CH][CH]2)[C]2[CH][CH][CH][CH]2)c2ccccc2)cc1. The molecule has 0 spiro atoms. The molecule has 1 nitrogen and oxygen atoms in total. The summed E-state index contributed by atoms with van der Waals surface area (Å²) in [5.74, 6) is 2.67. The van der Waals surface area contributed by atoms with E-state index in [4.69, 9.17) is 5.73 Å². The van der Waals surface area contributed by atoms with Crippen LogP contribution in [-0.4, -0.2) is 0 Å². The van der Waals surface area contributed by atoms with Crippen molar-refractivity contribution in [2.75, 3.05) is 5.73 Å². The van der Waals surface area contributed by atoms with Crippen molar-refractivity contribution in [3.05, 3.63) is 134 Å². The Labute approximate surface area is 164 Å². The lowest BCUT2D eigenvalue weighted by atomic mass is 9.82. The van der Waals surface area contributed by atoms with E-state index in [0.717, 1.165) is 18.5 Å². The van der Waals surface area contributed by atoms with Crippen molar-refractivity contribution in [2.24, 2.45) is 0 Å². The molecule has 0 aliphatic heterocycles. The van der Waals surface area contributed by atoms with Crippen molar-refractivity contribution < 1.29 is 0 Å². The van der Waals surface area contributed by atoms with E-state index < -0.39 is 0 Å². The summed E-state index contributed by atoms with van der Waals surface area (Å²) in [6, 6.07) is 18.9. The van der Waals surface area contributed by atoms with Gasteiger partial charge in [0, 0.05) is 11.6 Å². The molecule has 0 amide bonds. The molecular formula is C26H23N. The molecule has 1 heteroatoms. The van der Waals surface area contributed by atoms with E-state index in [0.29, 0.717) is 0 Å². The fraction of sp³-hybridized carbons (Fsp3) is 0.0769. The summed E-state index contributed by atoms with van der Waals surface area (Å²) < 4.78 is 0. The maximum Gasteiger partial charge on any atom is 0.0314 e. The van der Waals surface area contributed by atoms with Gasteiger partial charge in [0.2, 0.25) is 0 Å². The van der Waals surface area contributed by atoms with E-state index in [1.807, 2.05) is 12.1 Å². The van der Waals surface area contributed by atoms with E-state index in [1.165, 1.54) is 34.1 Å². The van der Waals surface area contributed by atoms with Crippen LogP contribution in [-0.2, 0) is 0 Å². The number of nitrogens with two attached hydrogens (primary N) is 1. The molecule has 2 aromatic rings. The highest BCUT2D eigenvalue weighted by Crippen LogP contribution is 2.42. The highest BCUT2D eigenvalue weighted by atomic mass is 14.5. The van der Waals surface area contributed by atoms with Crippen LogP contribution < -0.4 is 5.73 Å². The Hall–Kier alpha value is -2.02. The lowest BCUT2D eigenvalue weighted by molar-refractivity contribution is 0.863. The van der Waals surface area contributed by atoms with Gasteiger partial charge in [-0.2, -0.15) is 0 Å². The van der Waals surface area contributed by atoms with Crippen molar-refractivity contribution in [3.63, 3.8) is 0 Å². The van der Waals surface area contributed by atoms with Crippen molar-refractivity contribution in [3.8, 4) is 0 Å². The Morgan fingerprint density at radius 3 is 1.93 bits per heavy atom. The third-order valence-electron chi connectivity index (χ3n) is 4.97. The first kappa shape index (κ1) is 18.3. The molecule has 2 aliphatic carbocycles. The number of rotatable bonds is 6. The minimum atomic E-state index is 0.790. The third-order valence-corrected chi connectivity index (χ3v) is 4.97. The van der Waals surface area contributed by atoms with E-state index in [1.54, 1.807) is 0 Å². The lowest BCUT2D eigenvalue weighted by Crippen LogP contribution is -2.06. The molecule has 132 valence electrons. The summed E-state index contributed by atoms with van der Waals surface area (Å²) in [6.45, 7) is 0. The van der Waals surface area contributed by atoms with Gasteiger partial charge in [0.15, 0.2) is 0 Å². The van der Waals surface area contributed by atoms with Crippen molar-refractivity contribution in [1.82, 2.24) is 0 Å². The maximum atomic E-state index is 5.94. The molecule has 0 unspecified atom stereocenters. The first-order valence-electron chi connectivity index (χ1n) is 9.38. The molecule has 0 atom stereocenters. The minimum absolute atomic E-state index is 0.790. The van der Waals surface area contributed by atoms with Gasteiger partial charge in [0.25, 0.3) is 0 Å². The Morgan fingerprint density at radius 2 is 1.26 bits per heavy atom. The summed E-state index contributed by atoms with van der Waals surface area (Å²) in [5.41, 5.74) is 11.8. The van der Waals surface area contributed by atoms with Gasteiger partial charge in [-0.05, 0) is 99.0 Å². The van der Waals surface area contributed by atoms with Gasteiger partial charge in [-0.3, -0.25) is 0 Å². The van der Waals surface area contributed by atoms with Crippen LogP contribution >= 0.6 is 0 Å². The molecule has 27 heavy (non-hydrogen) atoms. The Balaban J connectivity index is 1.76. The molecule has 2 fully saturated rings. The maximum absolute atomic E-state index is 5.94.